The summed E-state index contributed by atoms with van der Waals surface area (Å²) in [6.45, 7) is 6.19. The molecule has 0 aliphatic rings. The van der Waals surface area contributed by atoms with Crippen LogP contribution in [0.3, 0.4) is 0 Å². The number of amides is 1. The second kappa shape index (κ2) is 9.98. The van der Waals surface area contributed by atoms with Gasteiger partial charge < -0.3 is 19.4 Å². The van der Waals surface area contributed by atoms with E-state index >= 15 is 0 Å². The molecule has 162 valence electrons. The molecule has 0 unspecified atom stereocenters. The van der Waals surface area contributed by atoms with Crippen LogP contribution in [-0.2, 0) is 17.8 Å². The summed E-state index contributed by atoms with van der Waals surface area (Å²) in [7, 11) is 1.66. The Labute approximate surface area is 182 Å². The van der Waals surface area contributed by atoms with Gasteiger partial charge >= 0.3 is 0 Å². The summed E-state index contributed by atoms with van der Waals surface area (Å²) in [5.74, 6) is 1.23. The number of carbonyl (C=O) groups is 2. The first-order valence-corrected chi connectivity index (χ1v) is 10.2. The number of ketones is 1. The van der Waals surface area contributed by atoms with Crippen molar-refractivity contribution in [1.29, 1.82) is 0 Å². The maximum absolute atomic E-state index is 12.8. The normalized spacial score (nSPS) is 10.6. The quantitative estimate of drug-likeness (QED) is 0.515. The van der Waals surface area contributed by atoms with Crippen molar-refractivity contribution >= 4 is 17.4 Å². The number of aryl methyl sites for hydroxylation is 2. The summed E-state index contributed by atoms with van der Waals surface area (Å²) in [5, 5.41) is 2.70. The number of nitrogens with zero attached hydrogens (tertiary/aromatic N) is 1. The number of carbonyl (C=O) groups excluding carboxylic acids is 2. The molecule has 0 saturated carbocycles. The predicted octanol–water partition coefficient (Wildman–Crippen LogP) is 4.58. The molecule has 0 saturated heterocycles. The number of anilines is 1. The second-order valence-electron chi connectivity index (χ2n) is 7.45. The molecule has 0 aliphatic carbocycles. The van der Waals surface area contributed by atoms with Crippen molar-refractivity contribution in [1.82, 2.24) is 4.57 Å². The summed E-state index contributed by atoms with van der Waals surface area (Å²) >= 11 is 0. The maximum atomic E-state index is 12.8. The zero-order valence-electron chi connectivity index (χ0n) is 18.4. The standard InChI is InChI=1S/C25H28N2O4/c1-17-15-24(18(2)27(17)14-13-20-5-9-22(30-4)10-6-20)25(29)16-31-23-11-7-21(8-12-23)26-19(3)28/h5-12,15H,13-14,16H2,1-4H3,(H,26,28). The first kappa shape index (κ1) is 22.2. The van der Waals surface area contributed by atoms with Crippen molar-refractivity contribution in [3.8, 4) is 11.5 Å². The van der Waals surface area contributed by atoms with Crippen molar-refractivity contribution in [2.24, 2.45) is 0 Å². The second-order valence-corrected chi connectivity index (χ2v) is 7.45. The average molecular weight is 421 g/mol. The van der Waals surface area contributed by atoms with Crippen LogP contribution >= 0.6 is 0 Å². The van der Waals surface area contributed by atoms with Gasteiger partial charge in [-0.25, -0.2) is 0 Å². The number of hydrogen-bond acceptors (Lipinski definition) is 4. The molecule has 0 spiro atoms. The van der Waals surface area contributed by atoms with Gasteiger partial charge in [-0.15, -0.1) is 0 Å². The number of methoxy groups -OCH3 is 1. The zero-order chi connectivity index (χ0) is 22.4. The Bertz CT molecular complexity index is 1050. The molecule has 6 nitrogen and oxygen atoms in total. The molecule has 1 amide bonds. The van der Waals surface area contributed by atoms with Crippen molar-refractivity contribution in [2.45, 2.75) is 33.7 Å². The summed E-state index contributed by atoms with van der Waals surface area (Å²) in [6.07, 6.45) is 0.866. The minimum Gasteiger partial charge on any atom is -0.497 e. The smallest absolute Gasteiger partial charge is 0.221 e. The van der Waals surface area contributed by atoms with Gasteiger partial charge in [-0.1, -0.05) is 12.1 Å². The fraction of sp³-hybridized carbons (Fsp3) is 0.280. The fourth-order valence-electron chi connectivity index (χ4n) is 3.52. The highest BCUT2D eigenvalue weighted by Crippen LogP contribution is 2.20. The topological polar surface area (TPSA) is 69.6 Å². The molecule has 3 rings (SSSR count). The molecule has 0 radical (unpaired) electrons. The van der Waals surface area contributed by atoms with Crippen LogP contribution in [0.4, 0.5) is 5.69 Å². The molecule has 6 heteroatoms. The number of Topliss-reactive ketones (excluding diaryl/α,β-unsaturated/α-hetero) is 1. The number of hydrogen-bond donors (Lipinski definition) is 1. The van der Waals surface area contributed by atoms with E-state index in [0.717, 1.165) is 30.1 Å². The van der Waals surface area contributed by atoms with Crippen molar-refractivity contribution in [3.05, 3.63) is 77.1 Å². The summed E-state index contributed by atoms with van der Waals surface area (Å²) in [5.41, 5.74) is 4.58. The minimum absolute atomic E-state index is 0.0394. The Hall–Kier alpha value is -3.54. The van der Waals surface area contributed by atoms with Crippen LogP contribution < -0.4 is 14.8 Å². The van der Waals surface area contributed by atoms with Crippen molar-refractivity contribution in [3.63, 3.8) is 0 Å². The molecule has 0 aliphatic heterocycles. The van der Waals surface area contributed by atoms with Crippen LogP contribution in [0.5, 0.6) is 11.5 Å². The molecule has 31 heavy (non-hydrogen) atoms. The molecule has 2 aromatic carbocycles. The van der Waals surface area contributed by atoms with E-state index < -0.39 is 0 Å². The summed E-state index contributed by atoms with van der Waals surface area (Å²) in [4.78, 5) is 23.8. The van der Waals surface area contributed by atoms with E-state index in [-0.39, 0.29) is 18.3 Å². The monoisotopic (exact) mass is 420 g/mol. The third-order valence-electron chi connectivity index (χ3n) is 5.20. The largest absolute Gasteiger partial charge is 0.497 e. The van der Waals surface area contributed by atoms with Gasteiger partial charge in [0.15, 0.2) is 6.61 Å². The maximum Gasteiger partial charge on any atom is 0.221 e. The molecule has 1 heterocycles. The van der Waals surface area contributed by atoms with Gasteiger partial charge in [0, 0.05) is 36.1 Å². The molecule has 1 N–H and O–H groups in total. The van der Waals surface area contributed by atoms with E-state index in [4.69, 9.17) is 9.47 Å². The third-order valence-corrected chi connectivity index (χ3v) is 5.20. The lowest BCUT2D eigenvalue weighted by atomic mass is 10.1. The first-order valence-electron chi connectivity index (χ1n) is 10.2. The number of nitrogens with one attached hydrogen (secondary N) is 1. The minimum atomic E-state index is -0.133. The van der Waals surface area contributed by atoms with Crippen LogP contribution in [0, 0.1) is 13.8 Å². The van der Waals surface area contributed by atoms with E-state index in [9.17, 15) is 9.59 Å². The van der Waals surface area contributed by atoms with Gasteiger partial charge in [0.2, 0.25) is 11.7 Å². The number of benzene rings is 2. The Morgan fingerprint density at radius 2 is 1.61 bits per heavy atom. The Balaban J connectivity index is 1.60. The Kier molecular flexibility index (Phi) is 7.13. The van der Waals surface area contributed by atoms with Crippen LogP contribution in [0.1, 0.15) is 34.2 Å². The first-order chi connectivity index (χ1) is 14.9. The fourth-order valence-corrected chi connectivity index (χ4v) is 3.52. The van der Waals surface area contributed by atoms with Gasteiger partial charge in [0.25, 0.3) is 0 Å². The van der Waals surface area contributed by atoms with E-state index in [1.165, 1.54) is 12.5 Å². The zero-order valence-corrected chi connectivity index (χ0v) is 18.4. The van der Waals surface area contributed by atoms with Gasteiger partial charge in [-0.3, -0.25) is 9.59 Å². The van der Waals surface area contributed by atoms with Gasteiger partial charge in [-0.05, 0) is 68.3 Å². The highest BCUT2D eigenvalue weighted by atomic mass is 16.5. The number of aromatic nitrogens is 1. The van der Waals surface area contributed by atoms with E-state index in [0.29, 0.717) is 17.0 Å². The highest BCUT2D eigenvalue weighted by molar-refractivity contribution is 5.98. The lowest BCUT2D eigenvalue weighted by Gasteiger charge is -2.11. The number of ether oxygens (including phenoxy) is 2. The lowest BCUT2D eigenvalue weighted by molar-refractivity contribution is -0.114. The van der Waals surface area contributed by atoms with Gasteiger partial charge in [0.1, 0.15) is 11.5 Å². The molecular formula is C25H28N2O4. The Morgan fingerprint density at radius 3 is 2.23 bits per heavy atom. The molecule has 0 bridgehead atoms. The van der Waals surface area contributed by atoms with Crippen LogP contribution in [0.25, 0.3) is 0 Å². The highest BCUT2D eigenvalue weighted by Gasteiger charge is 2.16. The SMILES string of the molecule is COc1ccc(CCn2c(C)cc(C(=O)COc3ccc(NC(C)=O)cc3)c2C)cc1. The van der Waals surface area contributed by atoms with E-state index in [2.05, 4.69) is 22.0 Å². The lowest BCUT2D eigenvalue weighted by Crippen LogP contribution is -2.13. The predicted molar refractivity (Wildman–Crippen MR) is 121 cm³/mol. The van der Waals surface area contributed by atoms with Crippen LogP contribution in [0.15, 0.2) is 54.6 Å². The Morgan fingerprint density at radius 1 is 0.968 bits per heavy atom. The van der Waals surface area contributed by atoms with Crippen LogP contribution in [0.2, 0.25) is 0 Å². The summed E-state index contributed by atoms with van der Waals surface area (Å²) in [6, 6.07) is 16.9. The molecule has 3 aromatic rings. The van der Waals surface area contributed by atoms with Crippen molar-refractivity contribution < 1.29 is 19.1 Å². The van der Waals surface area contributed by atoms with Crippen LogP contribution in [-0.4, -0.2) is 30.0 Å². The molecular weight excluding hydrogens is 392 g/mol. The van der Waals surface area contributed by atoms with Gasteiger partial charge in [0.05, 0.1) is 7.11 Å². The van der Waals surface area contributed by atoms with Crippen molar-refractivity contribution in [2.75, 3.05) is 19.0 Å². The molecule has 0 atom stereocenters. The molecule has 0 fully saturated rings. The summed E-state index contributed by atoms with van der Waals surface area (Å²) < 4.78 is 13.0. The van der Waals surface area contributed by atoms with E-state index in [1.54, 1.807) is 31.4 Å². The van der Waals surface area contributed by atoms with Gasteiger partial charge in [-0.2, -0.15) is 0 Å². The number of rotatable bonds is 9. The average Bonchev–Trinajstić information content (AvgIpc) is 3.05. The molecule has 1 aromatic heterocycles. The third kappa shape index (κ3) is 5.75. The van der Waals surface area contributed by atoms with E-state index in [1.807, 2.05) is 32.0 Å².